The highest BCUT2D eigenvalue weighted by Gasteiger charge is 2.27. The van der Waals surface area contributed by atoms with E-state index in [1.165, 1.54) is 18.9 Å². The van der Waals surface area contributed by atoms with E-state index in [9.17, 15) is 4.39 Å². The summed E-state index contributed by atoms with van der Waals surface area (Å²) in [4.78, 5) is 6.37. The molecule has 1 aromatic carbocycles. The minimum Gasteiger partial charge on any atom is -0.370 e. The van der Waals surface area contributed by atoms with Gasteiger partial charge < -0.3 is 10.6 Å². The Balaban J connectivity index is 0.00000180. The van der Waals surface area contributed by atoms with Gasteiger partial charge in [-0.05, 0) is 52.9 Å². The molecule has 1 aromatic rings. The highest BCUT2D eigenvalue weighted by Crippen LogP contribution is 2.24. The largest absolute Gasteiger partial charge is 0.370 e. The molecule has 1 fully saturated rings. The van der Waals surface area contributed by atoms with Gasteiger partial charge >= 0.3 is 0 Å². The van der Waals surface area contributed by atoms with E-state index in [1.807, 2.05) is 11.9 Å². The molecule has 0 aromatic heterocycles. The summed E-state index contributed by atoms with van der Waals surface area (Å²) in [6.45, 7) is 0.626. The van der Waals surface area contributed by atoms with Crippen LogP contribution in [0.5, 0.6) is 0 Å². The lowest BCUT2D eigenvalue weighted by Gasteiger charge is -2.16. The molecule has 0 saturated heterocycles. The first-order valence-corrected chi connectivity index (χ1v) is 6.84. The van der Waals surface area contributed by atoms with Crippen LogP contribution in [0.1, 0.15) is 18.4 Å². The van der Waals surface area contributed by atoms with E-state index < -0.39 is 0 Å². The topological polar surface area (TPSA) is 41.6 Å². The van der Waals surface area contributed by atoms with Crippen LogP contribution in [-0.2, 0) is 6.42 Å². The molecule has 0 aliphatic heterocycles. The Kier molecular flexibility index (Phi) is 6.52. The van der Waals surface area contributed by atoms with Crippen molar-refractivity contribution in [3.8, 4) is 0 Å². The summed E-state index contributed by atoms with van der Waals surface area (Å²) >= 11 is 3.17. The number of nitrogens with zero attached hydrogens (tertiary/aromatic N) is 2. The Labute approximate surface area is 138 Å². The summed E-state index contributed by atoms with van der Waals surface area (Å²) in [6, 6.07) is 5.60. The molecular formula is C13H18BrFIN3. The van der Waals surface area contributed by atoms with Crippen LogP contribution in [0.4, 0.5) is 4.39 Å². The van der Waals surface area contributed by atoms with Gasteiger partial charge in [0.25, 0.3) is 0 Å². The standard InChI is InChI=1S/C13H17BrFN3.HI/c1-18(10-3-4-10)13(16)17-7-6-9-2-5-12(15)11(14)8-9;/h2,5,8,10H,3-4,6-7H2,1H3,(H2,16,17);1H. The minimum atomic E-state index is -0.241. The normalized spacial score (nSPS) is 15.0. The summed E-state index contributed by atoms with van der Waals surface area (Å²) in [5.41, 5.74) is 6.93. The number of guanidine groups is 1. The Morgan fingerprint density at radius 2 is 2.21 bits per heavy atom. The van der Waals surface area contributed by atoms with Crippen LogP contribution in [0, 0.1) is 5.82 Å². The molecule has 1 aliphatic carbocycles. The van der Waals surface area contributed by atoms with E-state index in [0.717, 1.165) is 12.0 Å². The van der Waals surface area contributed by atoms with Crippen LogP contribution in [0.25, 0.3) is 0 Å². The van der Waals surface area contributed by atoms with Crippen LogP contribution >= 0.6 is 39.9 Å². The number of hydrogen-bond acceptors (Lipinski definition) is 1. The maximum atomic E-state index is 13.0. The number of halogens is 3. The predicted octanol–water partition coefficient (Wildman–Crippen LogP) is 3.16. The van der Waals surface area contributed by atoms with E-state index in [2.05, 4.69) is 20.9 Å². The maximum Gasteiger partial charge on any atom is 0.191 e. The van der Waals surface area contributed by atoms with Gasteiger partial charge in [0.1, 0.15) is 5.82 Å². The van der Waals surface area contributed by atoms with E-state index in [-0.39, 0.29) is 29.8 Å². The zero-order valence-electron chi connectivity index (χ0n) is 10.8. The number of aliphatic imine (C=N–C) groups is 1. The van der Waals surface area contributed by atoms with Gasteiger partial charge in [0.2, 0.25) is 0 Å². The summed E-state index contributed by atoms with van der Waals surface area (Å²) in [5.74, 6) is 0.355. The van der Waals surface area contributed by atoms with Crippen LogP contribution < -0.4 is 5.73 Å². The number of rotatable bonds is 4. The van der Waals surface area contributed by atoms with Gasteiger partial charge in [-0.1, -0.05) is 6.07 Å². The van der Waals surface area contributed by atoms with Crippen molar-refractivity contribution < 1.29 is 4.39 Å². The molecule has 3 nitrogen and oxygen atoms in total. The average Bonchev–Trinajstić information content (AvgIpc) is 3.16. The van der Waals surface area contributed by atoms with Crippen LogP contribution in [0.3, 0.4) is 0 Å². The molecule has 0 spiro atoms. The molecule has 0 atom stereocenters. The molecule has 0 bridgehead atoms. The number of hydrogen-bond donors (Lipinski definition) is 1. The first-order chi connectivity index (χ1) is 8.58. The number of benzene rings is 1. The van der Waals surface area contributed by atoms with Crippen molar-refractivity contribution in [3.63, 3.8) is 0 Å². The summed E-state index contributed by atoms with van der Waals surface area (Å²) in [5, 5.41) is 0. The second kappa shape index (κ2) is 7.42. The lowest BCUT2D eigenvalue weighted by Crippen LogP contribution is -2.35. The van der Waals surface area contributed by atoms with Crippen LogP contribution in [0.2, 0.25) is 0 Å². The lowest BCUT2D eigenvalue weighted by molar-refractivity contribution is 0.487. The van der Waals surface area contributed by atoms with Gasteiger partial charge in [0, 0.05) is 19.6 Å². The smallest absolute Gasteiger partial charge is 0.191 e. The predicted molar refractivity (Wildman–Crippen MR) is 90.5 cm³/mol. The summed E-state index contributed by atoms with van der Waals surface area (Å²) in [7, 11) is 1.98. The molecule has 0 unspecified atom stereocenters. The molecule has 1 saturated carbocycles. The third-order valence-electron chi connectivity index (χ3n) is 3.11. The zero-order valence-corrected chi connectivity index (χ0v) is 14.7. The van der Waals surface area contributed by atoms with Gasteiger partial charge in [-0.25, -0.2) is 4.39 Å². The molecular weight excluding hydrogens is 424 g/mol. The van der Waals surface area contributed by atoms with Crippen LogP contribution in [0.15, 0.2) is 27.7 Å². The molecule has 2 rings (SSSR count). The number of nitrogens with two attached hydrogens (primary N) is 1. The van der Waals surface area contributed by atoms with E-state index in [0.29, 0.717) is 23.0 Å². The maximum absolute atomic E-state index is 13.0. The monoisotopic (exact) mass is 441 g/mol. The summed E-state index contributed by atoms with van der Waals surface area (Å²) in [6.07, 6.45) is 3.17. The Morgan fingerprint density at radius 1 is 1.53 bits per heavy atom. The Hall–Kier alpha value is -0.370. The Morgan fingerprint density at radius 3 is 2.79 bits per heavy atom. The molecule has 1 aliphatic rings. The second-order valence-corrected chi connectivity index (χ2v) is 5.43. The van der Waals surface area contributed by atoms with Gasteiger partial charge in [-0.3, -0.25) is 4.99 Å². The quantitative estimate of drug-likeness (QED) is 0.443. The van der Waals surface area contributed by atoms with Crippen molar-refractivity contribution >= 4 is 45.9 Å². The van der Waals surface area contributed by atoms with Crippen molar-refractivity contribution in [2.75, 3.05) is 13.6 Å². The first kappa shape index (κ1) is 16.7. The fourth-order valence-electron chi connectivity index (χ4n) is 1.76. The highest BCUT2D eigenvalue weighted by molar-refractivity contribution is 14.0. The molecule has 6 heteroatoms. The summed E-state index contributed by atoms with van der Waals surface area (Å²) < 4.78 is 13.5. The van der Waals surface area contributed by atoms with E-state index >= 15 is 0 Å². The first-order valence-electron chi connectivity index (χ1n) is 6.04. The zero-order chi connectivity index (χ0) is 13.1. The van der Waals surface area contributed by atoms with Crippen molar-refractivity contribution in [1.82, 2.24) is 4.90 Å². The SMILES string of the molecule is CN(C(N)=NCCc1ccc(F)c(Br)c1)C1CC1.I. The fraction of sp³-hybridized carbons (Fsp3) is 0.462. The molecule has 0 radical (unpaired) electrons. The lowest BCUT2D eigenvalue weighted by atomic mass is 10.1. The van der Waals surface area contributed by atoms with Crippen molar-refractivity contribution in [2.24, 2.45) is 10.7 Å². The van der Waals surface area contributed by atoms with Gasteiger partial charge in [0.15, 0.2) is 5.96 Å². The molecule has 0 heterocycles. The van der Waals surface area contributed by atoms with E-state index in [1.54, 1.807) is 12.1 Å². The Bertz CT molecular complexity index is 463. The second-order valence-electron chi connectivity index (χ2n) is 4.58. The van der Waals surface area contributed by atoms with Crippen LogP contribution in [-0.4, -0.2) is 30.5 Å². The minimum absolute atomic E-state index is 0. The van der Waals surface area contributed by atoms with Gasteiger partial charge in [0.05, 0.1) is 4.47 Å². The fourth-order valence-corrected chi connectivity index (χ4v) is 2.18. The van der Waals surface area contributed by atoms with Gasteiger partial charge in [-0.15, -0.1) is 24.0 Å². The van der Waals surface area contributed by atoms with Crippen molar-refractivity contribution in [2.45, 2.75) is 25.3 Å². The van der Waals surface area contributed by atoms with Gasteiger partial charge in [-0.2, -0.15) is 0 Å². The van der Waals surface area contributed by atoms with E-state index in [4.69, 9.17) is 5.73 Å². The molecule has 2 N–H and O–H groups in total. The van der Waals surface area contributed by atoms with Crippen molar-refractivity contribution in [1.29, 1.82) is 0 Å². The molecule has 0 amide bonds. The highest BCUT2D eigenvalue weighted by atomic mass is 127. The average molecular weight is 442 g/mol. The molecule has 106 valence electrons. The third-order valence-corrected chi connectivity index (χ3v) is 3.72. The van der Waals surface area contributed by atoms with Crippen molar-refractivity contribution in [3.05, 3.63) is 34.1 Å². The molecule has 19 heavy (non-hydrogen) atoms. The third kappa shape index (κ3) is 4.91.